The Morgan fingerprint density at radius 2 is 0.396 bits per heavy atom. The van der Waals surface area contributed by atoms with Crippen molar-refractivity contribution in [3.05, 3.63) is 247 Å². The second kappa shape index (κ2) is 43.1. The smallest absolute Gasteiger partial charge is 0.0132 e. The minimum atomic E-state index is 0. The van der Waals surface area contributed by atoms with E-state index in [1.807, 2.05) is 0 Å². The molecule has 101 heavy (non-hydrogen) atoms. The van der Waals surface area contributed by atoms with Crippen molar-refractivity contribution in [1.29, 1.82) is 0 Å². The van der Waals surface area contributed by atoms with Crippen LogP contribution in [0.3, 0.4) is 0 Å². The third-order valence-electron chi connectivity index (χ3n) is 19.5. The Labute approximate surface area is 628 Å². The van der Waals surface area contributed by atoms with Crippen LogP contribution >= 0.6 is 0 Å². The molecule has 0 aliphatic heterocycles. The Bertz CT molecular complexity index is 3430. The lowest BCUT2D eigenvalue weighted by atomic mass is 9.77. The molecule has 8 aromatic rings. The zero-order chi connectivity index (χ0) is 73.2. The van der Waals surface area contributed by atoms with Crippen molar-refractivity contribution < 1.29 is 0 Å². The maximum Gasteiger partial charge on any atom is -0.0132 e. The first-order valence-electron chi connectivity index (χ1n) is 38.3. The van der Waals surface area contributed by atoms with Gasteiger partial charge in [0.25, 0.3) is 0 Å². The molecule has 0 nitrogen and oxygen atoms in total. The predicted molar refractivity (Wildman–Crippen MR) is 465 cm³/mol. The topological polar surface area (TPSA) is 0 Å². The molecule has 0 N–H and O–H groups in total. The monoisotopic (exact) mass is 1370 g/mol. The Balaban J connectivity index is 0.00000123. The maximum atomic E-state index is 2.45. The minimum Gasteiger partial charge on any atom is -0.0776 e. The van der Waals surface area contributed by atoms with Gasteiger partial charge in [-0.2, -0.15) is 0 Å². The highest BCUT2D eigenvalue weighted by atomic mass is 14.3. The van der Waals surface area contributed by atoms with Crippen LogP contribution in [-0.2, 0) is 5.41 Å². The summed E-state index contributed by atoms with van der Waals surface area (Å²) in [6.45, 7) is 76.2. The zero-order valence-corrected chi connectivity index (χ0v) is 68.2. The van der Waals surface area contributed by atoms with E-state index in [1.54, 1.807) is 38.9 Å². The third kappa shape index (κ3) is 25.6. The highest BCUT2D eigenvalue weighted by Gasteiger charge is 2.26. The normalized spacial score (nSPS) is 11.4. The molecule has 0 aromatic heterocycles. The molecule has 0 atom stereocenters. The molecule has 0 aliphatic rings. The molecule has 0 heterocycles. The van der Waals surface area contributed by atoms with Gasteiger partial charge in [0, 0.05) is 0 Å². The Hall–Kier alpha value is -6.24. The molecule has 0 unspecified atom stereocenters. The quantitative estimate of drug-likeness (QED) is 0.0803. The maximum absolute atomic E-state index is 2.45. The van der Waals surface area contributed by atoms with E-state index in [2.05, 4.69) is 386 Å². The summed E-state index contributed by atoms with van der Waals surface area (Å²) in [6, 6.07) is 58.1. The van der Waals surface area contributed by atoms with Crippen LogP contribution in [0.2, 0.25) is 0 Å². The van der Waals surface area contributed by atoms with Crippen molar-refractivity contribution in [2.75, 3.05) is 0 Å². The summed E-state index contributed by atoms with van der Waals surface area (Å²) in [5.41, 5.74) is 32.9. The zero-order valence-electron chi connectivity index (χ0n) is 68.2. The molecule has 0 radical (unpaired) electrons. The van der Waals surface area contributed by atoms with Crippen molar-refractivity contribution in [3.8, 4) is 33.4 Å². The summed E-state index contributed by atoms with van der Waals surface area (Å²) >= 11 is 0. The van der Waals surface area contributed by atoms with Gasteiger partial charge in [-0.3, -0.25) is 0 Å². The first-order valence-corrected chi connectivity index (χ1v) is 38.3. The van der Waals surface area contributed by atoms with Gasteiger partial charge in [-0.15, -0.1) is 0 Å². The second-order valence-corrected chi connectivity index (χ2v) is 33.7. The van der Waals surface area contributed by atoms with E-state index < -0.39 is 0 Å². The first-order chi connectivity index (χ1) is 45.3. The summed E-state index contributed by atoms with van der Waals surface area (Å²) in [7, 11) is 0. The van der Waals surface area contributed by atoms with Crippen molar-refractivity contribution in [3.63, 3.8) is 0 Å². The van der Waals surface area contributed by atoms with Crippen LogP contribution < -0.4 is 0 Å². The van der Waals surface area contributed by atoms with Crippen LogP contribution in [0.1, 0.15) is 436 Å². The fraction of sp³-hybridized carbons (Fsp3) is 0.525. The van der Waals surface area contributed by atoms with Gasteiger partial charge in [0.2, 0.25) is 0 Å². The van der Waals surface area contributed by atoms with Gasteiger partial charge in [-0.1, -0.05) is 416 Å². The van der Waals surface area contributed by atoms with E-state index >= 15 is 0 Å². The molecule has 8 rings (SSSR count). The summed E-state index contributed by atoms with van der Waals surface area (Å²) in [5.74, 6) is 8.70. The largest absolute Gasteiger partial charge is 0.0776 e. The molecule has 0 fully saturated rings. The first kappa shape index (κ1) is 94.8. The van der Waals surface area contributed by atoms with Crippen LogP contribution in [0.4, 0.5) is 0 Å². The van der Waals surface area contributed by atoms with Gasteiger partial charge in [0.15, 0.2) is 0 Å². The number of hydrogen-bond acceptors (Lipinski definition) is 0. The Morgan fingerprint density at radius 3 is 0.624 bits per heavy atom. The van der Waals surface area contributed by atoms with E-state index in [9.17, 15) is 0 Å². The van der Waals surface area contributed by atoms with Crippen LogP contribution in [0.25, 0.3) is 33.4 Å². The number of rotatable bonds is 18. The van der Waals surface area contributed by atoms with Gasteiger partial charge < -0.3 is 0 Å². The highest BCUT2D eigenvalue weighted by Crippen LogP contribution is 2.44. The van der Waals surface area contributed by atoms with Gasteiger partial charge >= 0.3 is 0 Å². The fourth-order valence-electron chi connectivity index (χ4n) is 14.7. The summed E-state index contributed by atoms with van der Waals surface area (Å²) < 4.78 is 0. The molecule has 0 saturated heterocycles. The average Bonchev–Trinajstić information content (AvgIpc) is 0.803. The second-order valence-electron chi connectivity index (χ2n) is 33.7. The standard InChI is InChI=1S/3C21H28.C19H32.C15H24.4CH4/c1-14(2)19-12-18(17-10-8-7-9-11-17)13-20(15(3)4)21(19)16(5)6;2*1-14(2)18-12-13-19(17-10-8-7-9-11-17)21(16(5)6)20(18)15(3)4;1-12(2)16-10-15(19(7,8)9)11-17(13(3)4)18(16)14(5)6;1-10(2)13-8-7-9-14(11(3)4)15(13)12(5)6;;;;/h3*7-16H,1-6H3;10-14H,1-9H3;7-12H,1-6H3;4*1H4. The van der Waals surface area contributed by atoms with Gasteiger partial charge in [0.05, 0.1) is 0 Å². The molecule has 0 amide bonds. The van der Waals surface area contributed by atoms with Gasteiger partial charge in [-0.25, -0.2) is 0 Å². The summed E-state index contributed by atoms with van der Waals surface area (Å²) in [6.07, 6.45) is 0. The van der Waals surface area contributed by atoms with E-state index in [-0.39, 0.29) is 35.1 Å². The molecule has 0 spiro atoms. The van der Waals surface area contributed by atoms with E-state index in [0.29, 0.717) is 88.8 Å². The molecule has 8 aromatic carbocycles. The van der Waals surface area contributed by atoms with E-state index in [0.717, 1.165) is 0 Å². The SMILES string of the molecule is C.C.C.C.CC(C)c1cc(-c2ccccc2)cc(C(C)C)c1C(C)C.CC(C)c1cc(C(C)(C)C)cc(C(C)C)c1C(C)C.CC(C)c1ccc(-c2ccccc2)c(C(C)C)c1C(C)C.CC(C)c1ccc(-c2ccccc2)c(C(C)C)c1C(C)C.CC(C)c1cccc(C(C)C)c1C(C)C. The average molecular weight is 1370 g/mol. The van der Waals surface area contributed by atoms with Gasteiger partial charge in [0.1, 0.15) is 0 Å². The summed E-state index contributed by atoms with van der Waals surface area (Å²) in [5, 5.41) is 0. The molecule has 0 saturated carbocycles. The fourth-order valence-corrected chi connectivity index (χ4v) is 14.7. The summed E-state index contributed by atoms with van der Waals surface area (Å²) in [4.78, 5) is 0. The molecule has 0 heteroatoms. The molecular weight excluding hydrogens is 1210 g/mol. The Morgan fingerprint density at radius 1 is 0.178 bits per heavy atom. The lowest BCUT2D eigenvalue weighted by molar-refractivity contribution is 0.584. The highest BCUT2D eigenvalue weighted by molar-refractivity contribution is 5.73. The molecule has 560 valence electrons. The Kier molecular flexibility index (Phi) is 40.5. The van der Waals surface area contributed by atoms with Crippen LogP contribution in [0.15, 0.2) is 158 Å². The molecule has 0 bridgehead atoms. The predicted octanol–water partition coefficient (Wildman–Crippen LogP) is 34.1. The van der Waals surface area contributed by atoms with Crippen LogP contribution in [-0.4, -0.2) is 0 Å². The van der Waals surface area contributed by atoms with Crippen molar-refractivity contribution >= 4 is 0 Å². The number of benzene rings is 8. The van der Waals surface area contributed by atoms with Crippen molar-refractivity contribution in [2.24, 2.45) is 0 Å². The lowest BCUT2D eigenvalue weighted by Crippen LogP contribution is -2.15. The lowest BCUT2D eigenvalue weighted by Gasteiger charge is -2.28. The molecular formula is C101H156. The number of hydrogen-bond donors (Lipinski definition) is 0. The van der Waals surface area contributed by atoms with Crippen molar-refractivity contribution in [1.82, 2.24) is 0 Å². The van der Waals surface area contributed by atoms with Crippen LogP contribution in [0, 0.1) is 0 Å². The minimum absolute atomic E-state index is 0. The van der Waals surface area contributed by atoms with Crippen molar-refractivity contribution in [2.45, 2.75) is 352 Å². The van der Waals surface area contributed by atoms with E-state index in [1.165, 1.54) is 83.5 Å². The third-order valence-corrected chi connectivity index (χ3v) is 19.5. The van der Waals surface area contributed by atoms with Crippen LogP contribution in [0.5, 0.6) is 0 Å². The molecule has 0 aliphatic carbocycles. The van der Waals surface area contributed by atoms with E-state index in [4.69, 9.17) is 0 Å². The van der Waals surface area contributed by atoms with Gasteiger partial charge in [-0.05, 0) is 217 Å².